The van der Waals surface area contributed by atoms with Crippen LogP contribution in [0.25, 0.3) is 11.3 Å². The molecule has 1 N–H and O–H groups in total. The van der Waals surface area contributed by atoms with E-state index >= 15 is 0 Å². The van der Waals surface area contributed by atoms with Gasteiger partial charge in [-0.2, -0.15) is 0 Å². The van der Waals surface area contributed by atoms with E-state index in [-0.39, 0.29) is 32.0 Å². The highest BCUT2D eigenvalue weighted by atomic mass is 16.7. The zero-order valence-electron chi connectivity index (χ0n) is 13.7. The summed E-state index contributed by atoms with van der Waals surface area (Å²) in [7, 11) is 0. The van der Waals surface area contributed by atoms with E-state index in [0.717, 1.165) is 12.0 Å². The zero-order chi connectivity index (χ0) is 16.9. The Balaban J connectivity index is 1.53. The Kier molecular flexibility index (Phi) is 5.00. The highest BCUT2D eigenvalue weighted by Gasteiger charge is 2.16. The number of carbonyl (C=O) groups is 1. The predicted molar refractivity (Wildman–Crippen MR) is 85.6 cm³/mol. The van der Waals surface area contributed by atoms with Crippen molar-refractivity contribution in [1.29, 1.82) is 0 Å². The van der Waals surface area contributed by atoms with Crippen molar-refractivity contribution < 1.29 is 23.5 Å². The van der Waals surface area contributed by atoms with Crippen molar-refractivity contribution in [3.63, 3.8) is 0 Å². The molecule has 0 radical (unpaired) electrons. The summed E-state index contributed by atoms with van der Waals surface area (Å²) in [5.74, 6) is 1.87. The lowest BCUT2D eigenvalue weighted by Gasteiger charge is -2.10. The van der Waals surface area contributed by atoms with Gasteiger partial charge in [0.1, 0.15) is 12.3 Å². The van der Waals surface area contributed by atoms with Crippen LogP contribution in [0.2, 0.25) is 0 Å². The molecule has 0 saturated heterocycles. The number of nitrogens with one attached hydrogen (secondary N) is 1. The Hall–Kier alpha value is -2.54. The molecule has 3 rings (SSSR count). The smallest absolute Gasteiger partial charge is 0.246 e. The van der Waals surface area contributed by atoms with Crippen LogP contribution in [0.5, 0.6) is 11.5 Å². The summed E-state index contributed by atoms with van der Waals surface area (Å²) in [6.07, 6.45) is 0.883. The van der Waals surface area contributed by atoms with E-state index in [1.807, 2.05) is 32.0 Å². The van der Waals surface area contributed by atoms with Crippen molar-refractivity contribution in [2.24, 2.45) is 0 Å². The van der Waals surface area contributed by atoms with Crippen molar-refractivity contribution >= 4 is 5.91 Å². The van der Waals surface area contributed by atoms with Crippen LogP contribution < -0.4 is 14.8 Å². The van der Waals surface area contributed by atoms with E-state index in [2.05, 4.69) is 10.5 Å². The number of fused-ring (bicyclic) bond motifs is 1. The van der Waals surface area contributed by atoms with Crippen LogP contribution in [0.4, 0.5) is 0 Å². The second kappa shape index (κ2) is 7.35. The Morgan fingerprint density at radius 2 is 2.17 bits per heavy atom. The first-order valence-corrected chi connectivity index (χ1v) is 7.88. The maximum atomic E-state index is 11.6. The Morgan fingerprint density at radius 3 is 3.00 bits per heavy atom. The minimum absolute atomic E-state index is 0.00342. The SMILES string of the molecule is CC[C@@H](C)NC(=O)COCc1cc(-c2ccc3c(c2)OCO3)on1. The summed E-state index contributed by atoms with van der Waals surface area (Å²) in [6.45, 7) is 4.40. The van der Waals surface area contributed by atoms with E-state index in [4.69, 9.17) is 18.7 Å². The molecule has 1 aromatic carbocycles. The van der Waals surface area contributed by atoms with E-state index in [0.29, 0.717) is 23.0 Å². The first kappa shape index (κ1) is 16.3. The second-order valence-corrected chi connectivity index (χ2v) is 5.62. The lowest BCUT2D eigenvalue weighted by Crippen LogP contribution is -2.34. The van der Waals surface area contributed by atoms with Crippen molar-refractivity contribution in [1.82, 2.24) is 10.5 Å². The number of carbonyl (C=O) groups excluding carboxylic acids is 1. The summed E-state index contributed by atoms with van der Waals surface area (Å²) in [4.78, 5) is 11.6. The van der Waals surface area contributed by atoms with Gasteiger partial charge in [0.05, 0.1) is 6.61 Å². The summed E-state index contributed by atoms with van der Waals surface area (Å²) < 4.78 is 21.3. The second-order valence-electron chi connectivity index (χ2n) is 5.62. The fourth-order valence-electron chi connectivity index (χ4n) is 2.23. The Morgan fingerprint density at radius 1 is 1.33 bits per heavy atom. The maximum Gasteiger partial charge on any atom is 0.246 e. The quantitative estimate of drug-likeness (QED) is 0.839. The van der Waals surface area contributed by atoms with Gasteiger partial charge in [0.25, 0.3) is 0 Å². The molecule has 1 atom stereocenters. The van der Waals surface area contributed by atoms with Crippen molar-refractivity contribution in [3.8, 4) is 22.8 Å². The average Bonchev–Trinajstić information content (AvgIpc) is 3.22. The summed E-state index contributed by atoms with van der Waals surface area (Å²) in [5, 5.41) is 6.79. The molecule has 2 aromatic rings. The van der Waals surface area contributed by atoms with Crippen LogP contribution >= 0.6 is 0 Å². The molecule has 0 aliphatic carbocycles. The number of aromatic nitrogens is 1. The van der Waals surface area contributed by atoms with Gasteiger partial charge in [-0.15, -0.1) is 0 Å². The number of rotatable bonds is 7. The number of benzene rings is 1. The number of ether oxygens (including phenoxy) is 3. The molecule has 0 saturated carbocycles. The van der Waals surface area contributed by atoms with Crippen LogP contribution in [-0.4, -0.2) is 30.5 Å². The standard InChI is InChI=1S/C17H20N2O5/c1-3-11(2)18-17(20)9-21-8-13-7-15(24-19-13)12-4-5-14-16(6-12)23-10-22-14/h4-7,11H,3,8-10H2,1-2H3,(H,18,20)/t11-/m1/s1. The van der Waals surface area contributed by atoms with Crippen molar-refractivity contribution in [2.45, 2.75) is 32.9 Å². The largest absolute Gasteiger partial charge is 0.454 e. The van der Waals surface area contributed by atoms with Crippen LogP contribution in [0.1, 0.15) is 26.0 Å². The van der Waals surface area contributed by atoms with E-state index < -0.39 is 0 Å². The molecule has 2 heterocycles. The lowest BCUT2D eigenvalue weighted by atomic mass is 10.1. The molecule has 1 aliphatic rings. The molecular formula is C17H20N2O5. The maximum absolute atomic E-state index is 11.6. The summed E-state index contributed by atoms with van der Waals surface area (Å²) in [5.41, 5.74) is 1.46. The fourth-order valence-corrected chi connectivity index (χ4v) is 2.23. The highest BCUT2D eigenvalue weighted by molar-refractivity contribution is 5.77. The molecule has 1 aliphatic heterocycles. The van der Waals surface area contributed by atoms with Gasteiger partial charge >= 0.3 is 0 Å². The minimum Gasteiger partial charge on any atom is -0.454 e. The number of amides is 1. The number of hydrogen-bond donors (Lipinski definition) is 1. The van der Waals surface area contributed by atoms with Gasteiger partial charge in [0.2, 0.25) is 12.7 Å². The van der Waals surface area contributed by atoms with Gasteiger partial charge < -0.3 is 24.1 Å². The molecule has 1 amide bonds. The van der Waals surface area contributed by atoms with Gasteiger partial charge in [-0.3, -0.25) is 4.79 Å². The molecule has 0 unspecified atom stereocenters. The topological polar surface area (TPSA) is 82.8 Å². The molecule has 0 bridgehead atoms. The first-order chi connectivity index (χ1) is 11.7. The van der Waals surface area contributed by atoms with Gasteiger partial charge in [-0.1, -0.05) is 12.1 Å². The average molecular weight is 332 g/mol. The lowest BCUT2D eigenvalue weighted by molar-refractivity contribution is -0.126. The number of hydrogen-bond acceptors (Lipinski definition) is 6. The predicted octanol–water partition coefficient (Wildman–Crippen LogP) is 2.50. The number of nitrogens with zero attached hydrogens (tertiary/aromatic N) is 1. The molecular weight excluding hydrogens is 312 g/mol. The van der Waals surface area contributed by atoms with Crippen LogP contribution in [0, 0.1) is 0 Å². The summed E-state index contributed by atoms with van der Waals surface area (Å²) in [6, 6.07) is 7.47. The fraction of sp³-hybridized carbons (Fsp3) is 0.412. The van der Waals surface area contributed by atoms with Crippen LogP contribution in [0.15, 0.2) is 28.8 Å². The molecule has 0 fully saturated rings. The molecule has 1 aromatic heterocycles. The molecule has 0 spiro atoms. The Bertz CT molecular complexity index is 713. The van der Waals surface area contributed by atoms with E-state index in [1.54, 1.807) is 6.07 Å². The van der Waals surface area contributed by atoms with E-state index in [9.17, 15) is 4.79 Å². The third-order valence-corrected chi connectivity index (χ3v) is 3.72. The van der Waals surface area contributed by atoms with Crippen LogP contribution in [0.3, 0.4) is 0 Å². The molecule has 7 nitrogen and oxygen atoms in total. The van der Waals surface area contributed by atoms with Crippen LogP contribution in [-0.2, 0) is 16.1 Å². The zero-order valence-corrected chi connectivity index (χ0v) is 13.7. The van der Waals surface area contributed by atoms with Gasteiger partial charge in [-0.25, -0.2) is 0 Å². The highest BCUT2D eigenvalue weighted by Crippen LogP contribution is 2.36. The van der Waals surface area contributed by atoms with Gasteiger partial charge in [0, 0.05) is 17.7 Å². The third-order valence-electron chi connectivity index (χ3n) is 3.72. The van der Waals surface area contributed by atoms with Crippen molar-refractivity contribution in [2.75, 3.05) is 13.4 Å². The van der Waals surface area contributed by atoms with E-state index in [1.165, 1.54) is 0 Å². The molecule has 7 heteroatoms. The molecule has 128 valence electrons. The van der Waals surface area contributed by atoms with Crippen molar-refractivity contribution in [3.05, 3.63) is 30.0 Å². The minimum atomic E-state index is -0.135. The monoisotopic (exact) mass is 332 g/mol. The van der Waals surface area contributed by atoms with Gasteiger partial charge in [-0.05, 0) is 31.5 Å². The van der Waals surface area contributed by atoms with Gasteiger partial charge in [0.15, 0.2) is 17.3 Å². The first-order valence-electron chi connectivity index (χ1n) is 7.88. The molecule has 24 heavy (non-hydrogen) atoms. The third kappa shape index (κ3) is 3.86. The normalized spacial score (nSPS) is 13.8. The summed E-state index contributed by atoms with van der Waals surface area (Å²) >= 11 is 0. The Labute approximate surface area is 139 Å².